The molecule has 3 saturated heterocycles. The Hall–Kier alpha value is 0.970. The van der Waals surface area contributed by atoms with Crippen LogP contribution in [0.3, 0.4) is 0 Å². The van der Waals surface area contributed by atoms with Crippen LogP contribution in [0.5, 0.6) is 0 Å². The summed E-state index contributed by atoms with van der Waals surface area (Å²) in [7, 11) is 0. The molecule has 0 N–H and O–H groups in total. The van der Waals surface area contributed by atoms with Crippen molar-refractivity contribution in [2.45, 2.75) is 40.3 Å². The van der Waals surface area contributed by atoms with Crippen LogP contribution in [-0.2, 0) is 9.47 Å². The zero-order valence-corrected chi connectivity index (χ0v) is 13.2. The van der Waals surface area contributed by atoms with E-state index in [1.807, 2.05) is 23.5 Å². The molecule has 0 bridgehead atoms. The SMILES string of the molecule is C1CC(COCC2CS2)SC(COCC2CS2)C1. The molecule has 0 aromatic rings. The van der Waals surface area contributed by atoms with Gasteiger partial charge in [0.1, 0.15) is 0 Å². The second kappa shape index (κ2) is 7.11. The van der Waals surface area contributed by atoms with Crippen LogP contribution in [0.4, 0.5) is 0 Å². The molecule has 0 aromatic carbocycles. The summed E-state index contributed by atoms with van der Waals surface area (Å²) in [6.45, 7) is 3.86. The molecule has 0 radical (unpaired) electrons. The van der Waals surface area contributed by atoms with Crippen LogP contribution >= 0.6 is 35.3 Å². The molecule has 2 nitrogen and oxygen atoms in total. The van der Waals surface area contributed by atoms with Crippen molar-refractivity contribution < 1.29 is 9.47 Å². The van der Waals surface area contributed by atoms with E-state index < -0.39 is 0 Å². The highest BCUT2D eigenvalue weighted by Gasteiger charge is 2.27. The van der Waals surface area contributed by atoms with Crippen molar-refractivity contribution in [1.82, 2.24) is 0 Å². The molecule has 4 unspecified atom stereocenters. The number of rotatable bonds is 8. The highest BCUT2D eigenvalue weighted by atomic mass is 32.2. The normalized spacial score (nSPS) is 38.7. The zero-order chi connectivity index (χ0) is 12.2. The standard InChI is InChI=1S/C13H22O2S3/c1-2-10(4-14-6-12-8-16-12)18-11(3-1)5-15-7-13-9-17-13/h10-13H,1-9H2. The van der Waals surface area contributed by atoms with Crippen LogP contribution in [0.2, 0.25) is 0 Å². The molecule has 0 amide bonds. The molecule has 3 fully saturated rings. The lowest BCUT2D eigenvalue weighted by atomic mass is 10.1. The molecule has 0 spiro atoms. The molecule has 3 heterocycles. The molecular weight excluding hydrogens is 284 g/mol. The fourth-order valence-electron chi connectivity index (χ4n) is 2.22. The fourth-order valence-corrected chi connectivity index (χ4v) is 4.57. The van der Waals surface area contributed by atoms with Crippen LogP contribution in [0.25, 0.3) is 0 Å². The van der Waals surface area contributed by atoms with E-state index in [-0.39, 0.29) is 0 Å². The first kappa shape index (κ1) is 13.9. The molecule has 3 aliphatic heterocycles. The first-order chi connectivity index (χ1) is 8.90. The zero-order valence-electron chi connectivity index (χ0n) is 10.7. The van der Waals surface area contributed by atoms with Gasteiger partial charge in [-0.15, -0.1) is 0 Å². The molecule has 4 atom stereocenters. The molecule has 104 valence electrons. The van der Waals surface area contributed by atoms with Crippen molar-refractivity contribution >= 4 is 35.3 Å². The van der Waals surface area contributed by atoms with E-state index in [4.69, 9.17) is 9.47 Å². The highest BCUT2D eigenvalue weighted by Crippen LogP contribution is 2.34. The molecular formula is C13H22O2S3. The van der Waals surface area contributed by atoms with Crippen LogP contribution in [0, 0.1) is 0 Å². The summed E-state index contributed by atoms with van der Waals surface area (Å²) in [5, 5.41) is 3.06. The van der Waals surface area contributed by atoms with E-state index >= 15 is 0 Å². The minimum Gasteiger partial charge on any atom is -0.379 e. The van der Waals surface area contributed by atoms with Crippen molar-refractivity contribution in [3.8, 4) is 0 Å². The Morgan fingerprint density at radius 3 is 1.61 bits per heavy atom. The van der Waals surface area contributed by atoms with E-state index in [0.29, 0.717) is 10.5 Å². The van der Waals surface area contributed by atoms with Crippen LogP contribution in [0.15, 0.2) is 0 Å². The van der Waals surface area contributed by atoms with Crippen molar-refractivity contribution in [2.75, 3.05) is 37.9 Å². The predicted molar refractivity (Wildman–Crippen MR) is 83.1 cm³/mol. The number of hydrogen-bond acceptors (Lipinski definition) is 5. The van der Waals surface area contributed by atoms with E-state index in [0.717, 1.165) is 36.9 Å². The molecule has 3 aliphatic rings. The lowest BCUT2D eigenvalue weighted by Gasteiger charge is -2.28. The molecule has 0 aromatic heterocycles. The van der Waals surface area contributed by atoms with Gasteiger partial charge in [-0.2, -0.15) is 35.3 Å². The predicted octanol–water partition coefficient (Wildman–Crippen LogP) is 2.90. The first-order valence-corrected chi connectivity index (χ1v) is 9.98. The number of thioether (sulfide) groups is 3. The molecule has 3 rings (SSSR count). The van der Waals surface area contributed by atoms with Crippen LogP contribution < -0.4 is 0 Å². The van der Waals surface area contributed by atoms with Crippen molar-refractivity contribution in [2.24, 2.45) is 0 Å². The molecule has 5 heteroatoms. The van der Waals surface area contributed by atoms with Gasteiger partial charge in [-0.25, -0.2) is 0 Å². The lowest BCUT2D eigenvalue weighted by Crippen LogP contribution is -2.26. The number of ether oxygens (including phenoxy) is 2. The lowest BCUT2D eigenvalue weighted by molar-refractivity contribution is 0.130. The van der Waals surface area contributed by atoms with Gasteiger partial charge in [0.05, 0.1) is 26.4 Å². The second-order valence-electron chi connectivity index (χ2n) is 5.30. The van der Waals surface area contributed by atoms with E-state index in [2.05, 4.69) is 11.8 Å². The van der Waals surface area contributed by atoms with Crippen molar-refractivity contribution in [3.05, 3.63) is 0 Å². The van der Waals surface area contributed by atoms with Gasteiger partial charge in [0.15, 0.2) is 0 Å². The maximum atomic E-state index is 5.81. The third kappa shape index (κ3) is 5.16. The average molecular weight is 307 g/mol. The van der Waals surface area contributed by atoms with E-state index in [9.17, 15) is 0 Å². The minimum atomic E-state index is 0.714. The van der Waals surface area contributed by atoms with Crippen molar-refractivity contribution in [1.29, 1.82) is 0 Å². The summed E-state index contributed by atoms with van der Waals surface area (Å²) in [6, 6.07) is 0. The van der Waals surface area contributed by atoms with Gasteiger partial charge in [0.2, 0.25) is 0 Å². The summed E-state index contributed by atoms with van der Waals surface area (Å²) in [5.74, 6) is 2.63. The van der Waals surface area contributed by atoms with Gasteiger partial charge in [0, 0.05) is 32.5 Å². The van der Waals surface area contributed by atoms with Gasteiger partial charge in [-0.1, -0.05) is 6.42 Å². The second-order valence-corrected chi connectivity index (χ2v) is 9.57. The first-order valence-electron chi connectivity index (χ1n) is 6.94. The van der Waals surface area contributed by atoms with E-state index in [1.165, 1.54) is 30.8 Å². The van der Waals surface area contributed by atoms with Gasteiger partial charge in [-0.05, 0) is 12.8 Å². The third-order valence-electron chi connectivity index (χ3n) is 3.46. The third-order valence-corrected chi connectivity index (χ3v) is 6.85. The van der Waals surface area contributed by atoms with Gasteiger partial charge < -0.3 is 9.47 Å². The Morgan fingerprint density at radius 2 is 1.17 bits per heavy atom. The van der Waals surface area contributed by atoms with Crippen LogP contribution in [0.1, 0.15) is 19.3 Å². The Labute approximate surface area is 123 Å². The molecule has 18 heavy (non-hydrogen) atoms. The largest absolute Gasteiger partial charge is 0.379 e. The summed E-state index contributed by atoms with van der Waals surface area (Å²) < 4.78 is 11.6. The maximum absolute atomic E-state index is 5.81. The monoisotopic (exact) mass is 306 g/mol. The minimum absolute atomic E-state index is 0.714. The molecule has 0 saturated carbocycles. The fraction of sp³-hybridized carbons (Fsp3) is 1.00. The Kier molecular flexibility index (Phi) is 5.51. The topological polar surface area (TPSA) is 18.5 Å². The highest BCUT2D eigenvalue weighted by molar-refractivity contribution is 8.07. The molecule has 0 aliphatic carbocycles. The Bertz CT molecular complexity index is 233. The average Bonchev–Trinajstić information content (AvgIpc) is 3.25. The Balaban J connectivity index is 1.26. The maximum Gasteiger partial charge on any atom is 0.0593 e. The number of hydrogen-bond donors (Lipinski definition) is 0. The van der Waals surface area contributed by atoms with Gasteiger partial charge >= 0.3 is 0 Å². The van der Waals surface area contributed by atoms with Crippen LogP contribution in [-0.4, -0.2) is 58.9 Å². The van der Waals surface area contributed by atoms with Crippen molar-refractivity contribution in [3.63, 3.8) is 0 Å². The Morgan fingerprint density at radius 1 is 0.722 bits per heavy atom. The summed E-state index contributed by atoms with van der Waals surface area (Å²) in [5.41, 5.74) is 0. The summed E-state index contributed by atoms with van der Waals surface area (Å²) in [6.07, 6.45) is 4.01. The van der Waals surface area contributed by atoms with E-state index in [1.54, 1.807) is 0 Å². The van der Waals surface area contributed by atoms with Gasteiger partial charge in [-0.3, -0.25) is 0 Å². The summed E-state index contributed by atoms with van der Waals surface area (Å²) >= 11 is 6.15. The quantitative estimate of drug-likeness (QED) is 0.640. The summed E-state index contributed by atoms with van der Waals surface area (Å²) in [4.78, 5) is 0. The smallest absolute Gasteiger partial charge is 0.0593 e. The van der Waals surface area contributed by atoms with Gasteiger partial charge in [0.25, 0.3) is 0 Å².